The third kappa shape index (κ3) is 3.39. The van der Waals surface area contributed by atoms with E-state index in [0.29, 0.717) is 31.6 Å². The Morgan fingerprint density at radius 3 is 2.58 bits per heavy atom. The Morgan fingerprint density at radius 1 is 1.19 bits per heavy atom. The van der Waals surface area contributed by atoms with Crippen molar-refractivity contribution in [3.8, 4) is 11.5 Å². The summed E-state index contributed by atoms with van der Waals surface area (Å²) in [6, 6.07) is 6.09. The van der Waals surface area contributed by atoms with Crippen LogP contribution in [0.3, 0.4) is 0 Å². The van der Waals surface area contributed by atoms with Crippen LogP contribution < -0.4 is 20.5 Å². The predicted molar refractivity (Wildman–Crippen MR) is 103 cm³/mol. The van der Waals surface area contributed by atoms with Gasteiger partial charge in [-0.2, -0.15) is 0 Å². The van der Waals surface area contributed by atoms with Crippen molar-refractivity contribution in [1.82, 2.24) is 5.32 Å². The highest BCUT2D eigenvalue weighted by Crippen LogP contribution is 2.47. The first kappa shape index (κ1) is 19.3. The highest BCUT2D eigenvalue weighted by atomic mass is 35.5. The topological polar surface area (TPSA) is 73.6 Å². The third-order valence-corrected chi connectivity index (χ3v) is 6.31. The zero-order valence-electron chi connectivity index (χ0n) is 15.5. The Labute approximate surface area is 161 Å². The molecule has 0 saturated heterocycles. The van der Waals surface area contributed by atoms with E-state index >= 15 is 0 Å². The van der Waals surface area contributed by atoms with Crippen LogP contribution in [-0.4, -0.2) is 31.7 Å². The summed E-state index contributed by atoms with van der Waals surface area (Å²) in [6.45, 7) is 6.04. The fourth-order valence-corrected chi connectivity index (χ4v) is 4.72. The van der Waals surface area contributed by atoms with Gasteiger partial charge in [0.15, 0.2) is 11.5 Å². The van der Waals surface area contributed by atoms with E-state index in [9.17, 15) is 4.79 Å². The van der Waals surface area contributed by atoms with Crippen molar-refractivity contribution in [1.29, 1.82) is 0 Å². The zero-order valence-corrected chi connectivity index (χ0v) is 16.3. The average Bonchev–Trinajstić information content (AvgIpc) is 3.20. The molecule has 1 aromatic carbocycles. The van der Waals surface area contributed by atoms with Gasteiger partial charge in [0.05, 0.1) is 5.92 Å². The van der Waals surface area contributed by atoms with Gasteiger partial charge in [-0.1, -0.05) is 19.9 Å². The smallest absolute Gasteiger partial charge is 0.224 e. The zero-order chi connectivity index (χ0) is 17.6. The van der Waals surface area contributed by atoms with E-state index in [-0.39, 0.29) is 35.7 Å². The fraction of sp³-hybridized carbons (Fsp3) is 0.650. The second-order valence-electron chi connectivity index (χ2n) is 8.40. The number of nitrogens with one attached hydrogen (secondary N) is 1. The van der Waals surface area contributed by atoms with Crippen molar-refractivity contribution in [3.05, 3.63) is 23.8 Å². The first-order valence-electron chi connectivity index (χ1n) is 9.39. The normalized spacial score (nSPS) is 29.2. The largest absolute Gasteiger partial charge is 0.486 e. The number of halogens is 1. The number of ether oxygens (including phenoxy) is 2. The van der Waals surface area contributed by atoms with Crippen LogP contribution in [0, 0.1) is 17.8 Å². The van der Waals surface area contributed by atoms with E-state index in [1.165, 1.54) is 6.42 Å². The maximum atomic E-state index is 12.7. The molecule has 6 heteroatoms. The van der Waals surface area contributed by atoms with Crippen molar-refractivity contribution >= 4 is 18.3 Å². The molecule has 1 aromatic rings. The van der Waals surface area contributed by atoms with Gasteiger partial charge in [0, 0.05) is 18.0 Å². The molecular formula is C20H29ClN2O3. The second kappa shape index (κ2) is 7.28. The number of amides is 1. The van der Waals surface area contributed by atoms with Crippen molar-refractivity contribution in [3.63, 3.8) is 0 Å². The summed E-state index contributed by atoms with van der Waals surface area (Å²) in [4.78, 5) is 12.7. The van der Waals surface area contributed by atoms with Gasteiger partial charge in [-0.3, -0.25) is 4.79 Å². The molecule has 3 N–H and O–H groups in total. The lowest BCUT2D eigenvalue weighted by atomic mass is 9.82. The van der Waals surface area contributed by atoms with Gasteiger partial charge in [-0.15, -0.1) is 12.4 Å². The molecule has 2 aliphatic carbocycles. The van der Waals surface area contributed by atoms with Gasteiger partial charge in [-0.25, -0.2) is 0 Å². The minimum atomic E-state index is -0.187. The summed E-state index contributed by atoms with van der Waals surface area (Å²) in [5, 5.41) is 3.17. The quantitative estimate of drug-likeness (QED) is 0.842. The van der Waals surface area contributed by atoms with Crippen LogP contribution in [0.25, 0.3) is 0 Å². The Balaban J connectivity index is 0.00000196. The summed E-state index contributed by atoms with van der Waals surface area (Å²) in [5.74, 6) is 2.74. The van der Waals surface area contributed by atoms with E-state index in [4.69, 9.17) is 15.2 Å². The fourth-order valence-electron chi connectivity index (χ4n) is 4.72. The molecule has 2 bridgehead atoms. The lowest BCUT2D eigenvalue weighted by Gasteiger charge is -2.31. The summed E-state index contributed by atoms with van der Waals surface area (Å²) >= 11 is 0. The van der Waals surface area contributed by atoms with Crippen molar-refractivity contribution in [2.24, 2.45) is 23.5 Å². The van der Waals surface area contributed by atoms with Gasteiger partial charge < -0.3 is 20.5 Å². The first-order chi connectivity index (χ1) is 12.0. The Hall–Kier alpha value is -1.46. The number of hydrogen-bond donors (Lipinski definition) is 2. The van der Waals surface area contributed by atoms with E-state index < -0.39 is 0 Å². The highest BCUT2D eigenvalue weighted by molar-refractivity contribution is 5.85. The second-order valence-corrected chi connectivity index (χ2v) is 8.40. The van der Waals surface area contributed by atoms with E-state index in [1.54, 1.807) is 0 Å². The Bertz CT molecular complexity index is 677. The molecule has 2 saturated carbocycles. The summed E-state index contributed by atoms with van der Waals surface area (Å²) in [5.41, 5.74) is 7.25. The van der Waals surface area contributed by atoms with Gasteiger partial charge >= 0.3 is 0 Å². The molecule has 1 amide bonds. The lowest BCUT2D eigenvalue weighted by Crippen LogP contribution is -2.47. The molecule has 3 aliphatic rings. The Morgan fingerprint density at radius 2 is 1.88 bits per heavy atom. The molecule has 0 radical (unpaired) electrons. The molecule has 1 heterocycles. The van der Waals surface area contributed by atoms with Crippen LogP contribution in [0.5, 0.6) is 11.5 Å². The minimum absolute atomic E-state index is 0. The highest BCUT2D eigenvalue weighted by Gasteiger charge is 2.49. The molecule has 26 heavy (non-hydrogen) atoms. The molecule has 4 rings (SSSR count). The number of rotatable bonds is 4. The van der Waals surface area contributed by atoms with Crippen LogP contribution in [0.1, 0.15) is 38.7 Å². The molecular weight excluding hydrogens is 352 g/mol. The summed E-state index contributed by atoms with van der Waals surface area (Å²) < 4.78 is 11.3. The van der Waals surface area contributed by atoms with Crippen molar-refractivity contribution in [2.75, 3.05) is 19.8 Å². The number of carbonyl (C=O) groups is 1. The van der Waals surface area contributed by atoms with E-state index in [2.05, 4.69) is 25.2 Å². The molecule has 144 valence electrons. The predicted octanol–water partition coefficient (Wildman–Crippen LogP) is 2.65. The van der Waals surface area contributed by atoms with Crippen molar-refractivity contribution in [2.45, 2.75) is 44.6 Å². The number of nitrogens with two attached hydrogens (primary N) is 1. The maximum Gasteiger partial charge on any atom is 0.224 e. The molecule has 0 spiro atoms. The van der Waals surface area contributed by atoms with E-state index in [0.717, 1.165) is 29.9 Å². The van der Waals surface area contributed by atoms with Crippen molar-refractivity contribution < 1.29 is 14.3 Å². The molecule has 5 nitrogen and oxygen atoms in total. The first-order valence-corrected chi connectivity index (χ1v) is 9.39. The summed E-state index contributed by atoms with van der Waals surface area (Å²) in [6.07, 6.45) is 3.48. The molecule has 4 unspecified atom stereocenters. The van der Waals surface area contributed by atoms with Crippen LogP contribution >= 0.6 is 12.4 Å². The van der Waals surface area contributed by atoms with Gasteiger partial charge in [-0.05, 0) is 48.8 Å². The van der Waals surface area contributed by atoms with Crippen LogP contribution in [0.4, 0.5) is 0 Å². The van der Waals surface area contributed by atoms with Crippen LogP contribution in [0.15, 0.2) is 18.2 Å². The number of carbonyl (C=O) groups excluding carboxylic acids is 1. The maximum absolute atomic E-state index is 12.7. The standard InChI is InChI=1S/C20H28N2O3.ClH/c1-20(2,14-5-6-15-16(10-14)25-8-7-24-15)11-22-19(23)17-12-3-4-13(9-12)18(17)21;/h5-6,10,12-13,17-18H,3-4,7-9,11,21H2,1-2H3,(H,22,23);1H. The van der Waals surface area contributed by atoms with E-state index in [1.807, 2.05) is 12.1 Å². The molecule has 1 aliphatic heterocycles. The number of fused-ring (bicyclic) bond motifs is 3. The molecule has 2 fully saturated rings. The van der Waals surface area contributed by atoms with Crippen LogP contribution in [-0.2, 0) is 10.2 Å². The molecule has 0 aromatic heterocycles. The third-order valence-electron chi connectivity index (χ3n) is 6.31. The average molecular weight is 381 g/mol. The van der Waals surface area contributed by atoms with Gasteiger partial charge in [0.1, 0.15) is 13.2 Å². The monoisotopic (exact) mass is 380 g/mol. The number of hydrogen-bond acceptors (Lipinski definition) is 4. The van der Waals surface area contributed by atoms with Crippen LogP contribution in [0.2, 0.25) is 0 Å². The number of benzene rings is 1. The summed E-state index contributed by atoms with van der Waals surface area (Å²) in [7, 11) is 0. The van der Waals surface area contributed by atoms with Gasteiger partial charge in [0.2, 0.25) is 5.91 Å². The minimum Gasteiger partial charge on any atom is -0.486 e. The lowest BCUT2D eigenvalue weighted by molar-refractivity contribution is -0.127. The molecule has 4 atom stereocenters. The SMILES string of the molecule is CC(C)(CNC(=O)C1C2CCC(C2)C1N)c1ccc2c(c1)OCCO2.Cl. The van der Waals surface area contributed by atoms with Gasteiger partial charge in [0.25, 0.3) is 0 Å². The Kier molecular flexibility index (Phi) is 5.40.